The average molecular weight is 530 g/mol. The van der Waals surface area contributed by atoms with Crippen molar-refractivity contribution in [2.24, 2.45) is 11.7 Å². The minimum Gasteiger partial charge on any atom is -0.492 e. The highest BCUT2D eigenvalue weighted by Gasteiger charge is 2.24. The predicted octanol–water partition coefficient (Wildman–Crippen LogP) is 2.21. The largest absolute Gasteiger partial charge is 0.492 e. The Morgan fingerprint density at radius 3 is 2.87 bits per heavy atom. The highest BCUT2D eigenvalue weighted by Crippen LogP contribution is 2.24. The number of nitrogens with zero attached hydrogens (tertiary/aromatic N) is 2. The molecule has 1 aliphatic heterocycles. The van der Waals surface area contributed by atoms with Gasteiger partial charge in [-0.15, -0.1) is 0 Å². The number of nitrogens with one attached hydrogen (secondary N) is 1. The molecule has 1 heterocycles. The number of nitrogens with two attached hydrogens (primary N) is 1. The molecule has 0 aliphatic carbocycles. The fraction of sp³-hybridized carbons (Fsp3) is 0.636. The summed E-state index contributed by atoms with van der Waals surface area (Å²) < 4.78 is 7.11. The Labute approximate surface area is 193 Å². The van der Waals surface area contributed by atoms with Crippen LogP contribution in [-0.2, 0) is 16.1 Å². The van der Waals surface area contributed by atoms with Gasteiger partial charge in [0.2, 0.25) is 11.8 Å². The van der Waals surface area contributed by atoms with Gasteiger partial charge in [0.25, 0.3) is 0 Å². The van der Waals surface area contributed by atoms with E-state index in [0.29, 0.717) is 19.4 Å². The molecule has 0 bridgehead atoms. The Hall–Kier alpha value is -1.39. The number of amides is 2. The lowest BCUT2D eigenvalue weighted by Crippen LogP contribution is -2.37. The van der Waals surface area contributed by atoms with E-state index in [1.807, 2.05) is 0 Å². The number of halogens is 1. The average Bonchev–Trinajstić information content (AvgIpc) is 3.11. The summed E-state index contributed by atoms with van der Waals surface area (Å²) in [5.74, 6) is 0.321. The minimum absolute atomic E-state index is 0.00220. The molecule has 2 atom stereocenters. The van der Waals surface area contributed by atoms with Gasteiger partial charge in [-0.25, -0.2) is 0 Å². The summed E-state index contributed by atoms with van der Waals surface area (Å²) in [6, 6.07) is 6.54. The van der Waals surface area contributed by atoms with Crippen LogP contribution >= 0.6 is 22.6 Å². The van der Waals surface area contributed by atoms with Gasteiger partial charge < -0.3 is 20.7 Å². The molecule has 8 heteroatoms. The lowest BCUT2D eigenvalue weighted by atomic mass is 10.0. The molecular weight excluding hydrogens is 495 g/mol. The summed E-state index contributed by atoms with van der Waals surface area (Å²) in [5, 5.41) is 3.09. The maximum atomic E-state index is 12.1. The zero-order chi connectivity index (χ0) is 22.1. The maximum Gasteiger partial charge on any atom is 0.220 e. The molecule has 1 aromatic carbocycles. The summed E-state index contributed by atoms with van der Waals surface area (Å²) in [6.07, 6.45) is 2.78. The monoisotopic (exact) mass is 530 g/mol. The molecule has 1 aromatic rings. The topological polar surface area (TPSA) is 87.9 Å². The zero-order valence-corrected chi connectivity index (χ0v) is 20.5. The van der Waals surface area contributed by atoms with Gasteiger partial charge in [-0.05, 0) is 73.6 Å². The van der Waals surface area contributed by atoms with Crippen molar-refractivity contribution in [2.45, 2.75) is 45.2 Å². The van der Waals surface area contributed by atoms with Crippen LogP contribution < -0.4 is 15.8 Å². The predicted molar refractivity (Wildman–Crippen MR) is 127 cm³/mol. The highest BCUT2D eigenvalue weighted by molar-refractivity contribution is 14.1. The molecule has 0 aromatic heterocycles. The van der Waals surface area contributed by atoms with E-state index >= 15 is 0 Å². The number of likely N-dealkylation sites (tertiary alicyclic amines) is 1. The summed E-state index contributed by atoms with van der Waals surface area (Å²) >= 11 is 2.31. The first-order valence-electron chi connectivity index (χ1n) is 10.6. The lowest BCUT2D eigenvalue weighted by molar-refractivity contribution is -0.123. The SMILES string of the molecule is C[C@@H](CCC(=O)N[C@H]1CCN(Cc2ccc(I)c(OCCCN(C)C)c2)C1)C(N)=O. The molecular formula is C22H35IN4O3. The Bertz CT molecular complexity index is 714. The summed E-state index contributed by atoms with van der Waals surface area (Å²) in [5.41, 5.74) is 6.48. The van der Waals surface area contributed by atoms with Crippen LogP contribution in [-0.4, -0.2) is 68.0 Å². The van der Waals surface area contributed by atoms with Gasteiger partial charge in [-0.2, -0.15) is 0 Å². The first kappa shape index (κ1) is 24.9. The van der Waals surface area contributed by atoms with Gasteiger partial charge in [0.1, 0.15) is 5.75 Å². The Balaban J connectivity index is 1.77. The standard InChI is InChI=1S/C22H35IN4O3/c1-16(22(24)29)5-8-21(28)25-18-9-11-27(15-18)14-17-6-7-19(23)20(13-17)30-12-4-10-26(2)3/h6-7,13,16,18H,4-5,8-12,14-15H2,1-3H3,(H2,24,29)(H,25,28)/t16-,18-/m0/s1. The number of benzene rings is 1. The quantitative estimate of drug-likeness (QED) is 0.320. The molecule has 1 aliphatic rings. The molecule has 1 saturated heterocycles. The lowest BCUT2D eigenvalue weighted by Gasteiger charge is -2.18. The highest BCUT2D eigenvalue weighted by atomic mass is 127. The van der Waals surface area contributed by atoms with Crippen LogP contribution in [0.5, 0.6) is 5.75 Å². The van der Waals surface area contributed by atoms with Gasteiger partial charge in [0.15, 0.2) is 0 Å². The second-order valence-corrected chi connectivity index (χ2v) is 9.56. The maximum absolute atomic E-state index is 12.1. The molecule has 2 rings (SSSR count). The van der Waals surface area contributed by atoms with E-state index in [1.165, 1.54) is 5.56 Å². The third-order valence-electron chi connectivity index (χ3n) is 5.34. The van der Waals surface area contributed by atoms with Crippen molar-refractivity contribution in [3.63, 3.8) is 0 Å². The van der Waals surface area contributed by atoms with Crippen LogP contribution in [0.2, 0.25) is 0 Å². The van der Waals surface area contributed by atoms with Crippen LogP contribution in [0.25, 0.3) is 0 Å². The van der Waals surface area contributed by atoms with Crippen molar-refractivity contribution in [3.8, 4) is 5.75 Å². The Kier molecular flexibility index (Phi) is 10.3. The first-order valence-corrected chi connectivity index (χ1v) is 11.7. The van der Waals surface area contributed by atoms with Crippen LogP contribution in [0.15, 0.2) is 18.2 Å². The molecule has 2 amide bonds. The fourth-order valence-electron chi connectivity index (χ4n) is 3.46. The van der Waals surface area contributed by atoms with Crippen molar-refractivity contribution in [1.29, 1.82) is 0 Å². The fourth-order valence-corrected chi connectivity index (χ4v) is 3.95. The van der Waals surface area contributed by atoms with E-state index in [9.17, 15) is 9.59 Å². The van der Waals surface area contributed by atoms with Gasteiger partial charge in [-0.1, -0.05) is 13.0 Å². The van der Waals surface area contributed by atoms with E-state index in [0.717, 1.165) is 48.3 Å². The van der Waals surface area contributed by atoms with E-state index in [2.05, 4.69) is 70.0 Å². The Morgan fingerprint density at radius 2 is 2.17 bits per heavy atom. The third-order valence-corrected chi connectivity index (χ3v) is 6.23. The summed E-state index contributed by atoms with van der Waals surface area (Å²) in [6.45, 7) is 6.11. The van der Waals surface area contributed by atoms with Crippen molar-refractivity contribution in [1.82, 2.24) is 15.1 Å². The van der Waals surface area contributed by atoms with E-state index < -0.39 is 0 Å². The van der Waals surface area contributed by atoms with Crippen LogP contribution in [0.3, 0.4) is 0 Å². The van der Waals surface area contributed by atoms with E-state index in [4.69, 9.17) is 10.5 Å². The summed E-state index contributed by atoms with van der Waals surface area (Å²) in [7, 11) is 4.13. The molecule has 1 fully saturated rings. The molecule has 0 saturated carbocycles. The number of ether oxygens (including phenoxy) is 1. The van der Waals surface area contributed by atoms with Crippen molar-refractivity contribution >= 4 is 34.4 Å². The van der Waals surface area contributed by atoms with Crippen LogP contribution in [0.1, 0.15) is 38.2 Å². The number of hydrogen-bond donors (Lipinski definition) is 2. The van der Waals surface area contributed by atoms with Crippen molar-refractivity contribution in [3.05, 3.63) is 27.3 Å². The first-order chi connectivity index (χ1) is 14.2. The zero-order valence-electron chi connectivity index (χ0n) is 18.3. The second-order valence-electron chi connectivity index (χ2n) is 8.40. The number of primary amides is 1. The van der Waals surface area contributed by atoms with Crippen LogP contribution in [0, 0.1) is 9.49 Å². The number of carbonyl (C=O) groups excluding carboxylic acids is 2. The van der Waals surface area contributed by atoms with Gasteiger partial charge >= 0.3 is 0 Å². The third kappa shape index (κ3) is 8.77. The molecule has 0 unspecified atom stereocenters. The molecule has 0 radical (unpaired) electrons. The van der Waals surface area contributed by atoms with E-state index in [1.54, 1.807) is 6.92 Å². The van der Waals surface area contributed by atoms with Gasteiger partial charge in [0.05, 0.1) is 10.2 Å². The number of hydrogen-bond acceptors (Lipinski definition) is 5. The Morgan fingerprint density at radius 1 is 1.40 bits per heavy atom. The van der Waals surface area contributed by atoms with E-state index in [-0.39, 0.29) is 23.8 Å². The number of rotatable bonds is 12. The smallest absolute Gasteiger partial charge is 0.220 e. The molecule has 3 N–H and O–H groups in total. The molecule has 30 heavy (non-hydrogen) atoms. The number of carbonyl (C=O) groups is 2. The molecule has 0 spiro atoms. The summed E-state index contributed by atoms with van der Waals surface area (Å²) in [4.78, 5) is 27.7. The van der Waals surface area contributed by atoms with Crippen molar-refractivity contribution < 1.29 is 14.3 Å². The molecule has 7 nitrogen and oxygen atoms in total. The van der Waals surface area contributed by atoms with Crippen LogP contribution in [0.4, 0.5) is 0 Å². The normalized spacial score (nSPS) is 17.8. The van der Waals surface area contributed by atoms with Gasteiger partial charge in [0, 0.05) is 44.6 Å². The molecule has 168 valence electrons. The van der Waals surface area contributed by atoms with Crippen molar-refractivity contribution in [2.75, 3.05) is 40.3 Å². The minimum atomic E-state index is -0.353. The second kappa shape index (κ2) is 12.5. The van der Waals surface area contributed by atoms with Gasteiger partial charge in [-0.3, -0.25) is 14.5 Å².